The van der Waals surface area contributed by atoms with E-state index in [1.807, 2.05) is 30.3 Å². The van der Waals surface area contributed by atoms with E-state index in [4.69, 9.17) is 9.68 Å². The Morgan fingerprint density at radius 1 is 1.26 bits per heavy atom. The number of furan rings is 1. The standard InChI is InChI=1S/C19H11BrFN3O2S/c20-16-9-13(26-19(16)27-14-4-2-1-3-5-14)11-23-24-18(25)15-7-6-12(10-22)8-17(15)21/h1-9,11H,(H,24,25)/b23-11-. The number of benzene rings is 2. The number of carbonyl (C=O) groups is 1. The fourth-order valence-electron chi connectivity index (χ4n) is 2.08. The molecule has 0 aliphatic carbocycles. The van der Waals surface area contributed by atoms with Crippen LogP contribution in [0.2, 0.25) is 0 Å². The van der Waals surface area contributed by atoms with E-state index in [0.717, 1.165) is 15.4 Å². The molecule has 0 saturated heterocycles. The number of nitrogens with zero attached hydrogens (tertiary/aromatic N) is 2. The zero-order chi connectivity index (χ0) is 19.2. The Morgan fingerprint density at radius 2 is 2.04 bits per heavy atom. The Bertz CT molecular complexity index is 1040. The maximum atomic E-state index is 13.8. The lowest BCUT2D eigenvalue weighted by Gasteiger charge is -2.01. The second kappa shape index (κ2) is 8.66. The largest absolute Gasteiger partial charge is 0.447 e. The van der Waals surface area contributed by atoms with Crippen molar-refractivity contribution in [2.24, 2.45) is 5.10 Å². The molecule has 0 saturated carbocycles. The first-order valence-electron chi connectivity index (χ1n) is 7.62. The summed E-state index contributed by atoms with van der Waals surface area (Å²) in [5.41, 5.74) is 2.16. The molecule has 134 valence electrons. The van der Waals surface area contributed by atoms with Crippen molar-refractivity contribution in [3.8, 4) is 6.07 Å². The number of amides is 1. The molecule has 0 fully saturated rings. The maximum Gasteiger partial charge on any atom is 0.274 e. The van der Waals surface area contributed by atoms with Crippen molar-refractivity contribution in [3.05, 3.63) is 81.8 Å². The van der Waals surface area contributed by atoms with E-state index in [-0.39, 0.29) is 11.1 Å². The lowest BCUT2D eigenvalue weighted by molar-refractivity contribution is 0.0951. The molecule has 1 aromatic heterocycles. The third-order valence-corrected chi connectivity index (χ3v) is 5.18. The zero-order valence-corrected chi connectivity index (χ0v) is 16.1. The fourth-order valence-corrected chi connectivity index (χ4v) is 3.43. The summed E-state index contributed by atoms with van der Waals surface area (Å²) in [6.07, 6.45) is 1.32. The Morgan fingerprint density at radius 3 is 2.74 bits per heavy atom. The SMILES string of the molecule is N#Cc1ccc(C(=O)N/N=C\c2cc(Br)c(Sc3ccccc3)o2)c(F)c1. The molecule has 3 aromatic rings. The van der Waals surface area contributed by atoms with Gasteiger partial charge >= 0.3 is 0 Å². The minimum Gasteiger partial charge on any atom is -0.447 e. The molecule has 0 aliphatic rings. The van der Waals surface area contributed by atoms with Crippen LogP contribution in [0.5, 0.6) is 0 Å². The van der Waals surface area contributed by atoms with Crippen LogP contribution in [0.25, 0.3) is 0 Å². The van der Waals surface area contributed by atoms with Crippen LogP contribution in [0, 0.1) is 17.1 Å². The zero-order valence-electron chi connectivity index (χ0n) is 13.6. The van der Waals surface area contributed by atoms with E-state index in [9.17, 15) is 9.18 Å². The molecule has 0 atom stereocenters. The first-order chi connectivity index (χ1) is 13.1. The summed E-state index contributed by atoms with van der Waals surface area (Å²) in [6, 6.07) is 16.8. The molecule has 8 heteroatoms. The number of rotatable bonds is 5. The topological polar surface area (TPSA) is 78.4 Å². The van der Waals surface area contributed by atoms with E-state index < -0.39 is 11.7 Å². The highest BCUT2D eigenvalue weighted by molar-refractivity contribution is 9.10. The summed E-state index contributed by atoms with van der Waals surface area (Å²) < 4.78 is 20.2. The number of nitrogens with one attached hydrogen (secondary N) is 1. The van der Waals surface area contributed by atoms with Gasteiger partial charge in [-0.3, -0.25) is 4.79 Å². The summed E-state index contributed by atoms with van der Waals surface area (Å²) in [7, 11) is 0. The predicted molar refractivity (Wildman–Crippen MR) is 103 cm³/mol. The minimum atomic E-state index is -0.788. The summed E-state index contributed by atoms with van der Waals surface area (Å²) in [5.74, 6) is -1.09. The van der Waals surface area contributed by atoms with Crippen molar-refractivity contribution in [1.82, 2.24) is 5.43 Å². The van der Waals surface area contributed by atoms with Crippen molar-refractivity contribution in [2.75, 3.05) is 0 Å². The third kappa shape index (κ3) is 4.84. The van der Waals surface area contributed by atoms with Gasteiger partial charge in [0.1, 0.15) is 11.6 Å². The summed E-state index contributed by atoms with van der Waals surface area (Å²) in [5, 5.41) is 13.1. The Balaban J connectivity index is 1.66. The van der Waals surface area contributed by atoms with Crippen LogP contribution in [0.3, 0.4) is 0 Å². The van der Waals surface area contributed by atoms with Crippen molar-refractivity contribution in [1.29, 1.82) is 5.26 Å². The monoisotopic (exact) mass is 443 g/mol. The van der Waals surface area contributed by atoms with Crippen molar-refractivity contribution in [3.63, 3.8) is 0 Å². The van der Waals surface area contributed by atoms with Gasteiger partial charge in [0.05, 0.1) is 27.9 Å². The van der Waals surface area contributed by atoms with Crippen LogP contribution in [0.1, 0.15) is 21.7 Å². The molecule has 2 aromatic carbocycles. The van der Waals surface area contributed by atoms with Gasteiger partial charge in [0.15, 0.2) is 5.09 Å². The average Bonchev–Trinajstić information content (AvgIpc) is 3.01. The summed E-state index contributed by atoms with van der Waals surface area (Å²) >= 11 is 4.85. The van der Waals surface area contributed by atoms with Crippen LogP contribution < -0.4 is 5.43 Å². The van der Waals surface area contributed by atoms with Gasteiger partial charge in [0, 0.05) is 11.0 Å². The molecule has 27 heavy (non-hydrogen) atoms. The van der Waals surface area contributed by atoms with Gasteiger partial charge in [-0.15, -0.1) is 0 Å². The molecule has 5 nitrogen and oxygen atoms in total. The highest BCUT2D eigenvalue weighted by Gasteiger charge is 2.12. The Kier molecular flexibility index (Phi) is 6.06. The van der Waals surface area contributed by atoms with Crippen molar-refractivity contribution >= 4 is 39.8 Å². The van der Waals surface area contributed by atoms with Crippen LogP contribution >= 0.6 is 27.7 Å². The number of hydrazone groups is 1. The second-order valence-electron chi connectivity index (χ2n) is 5.20. The van der Waals surface area contributed by atoms with Gasteiger partial charge in [-0.1, -0.05) is 30.0 Å². The lowest BCUT2D eigenvalue weighted by Crippen LogP contribution is -2.19. The third-order valence-electron chi connectivity index (χ3n) is 3.33. The molecule has 0 spiro atoms. The first kappa shape index (κ1) is 18.9. The smallest absolute Gasteiger partial charge is 0.274 e. The van der Waals surface area contributed by atoms with E-state index in [2.05, 4.69) is 26.5 Å². The molecule has 1 N–H and O–H groups in total. The predicted octanol–water partition coefficient (Wildman–Crippen LogP) is 4.97. The molecular weight excluding hydrogens is 433 g/mol. The van der Waals surface area contributed by atoms with Crippen LogP contribution in [0.4, 0.5) is 4.39 Å². The Labute approximate surface area is 167 Å². The molecular formula is C19H11BrFN3O2S. The van der Waals surface area contributed by atoms with Gasteiger partial charge in [-0.05, 0) is 46.3 Å². The van der Waals surface area contributed by atoms with Crippen molar-refractivity contribution in [2.45, 2.75) is 9.99 Å². The normalized spacial score (nSPS) is 10.7. The highest BCUT2D eigenvalue weighted by Crippen LogP contribution is 2.35. The molecule has 0 unspecified atom stereocenters. The van der Waals surface area contributed by atoms with Gasteiger partial charge in [-0.2, -0.15) is 10.4 Å². The number of nitriles is 1. The molecule has 0 bridgehead atoms. The molecule has 3 rings (SSSR count). The molecule has 1 heterocycles. The van der Waals surface area contributed by atoms with Crippen LogP contribution in [-0.2, 0) is 0 Å². The summed E-state index contributed by atoms with van der Waals surface area (Å²) in [6.45, 7) is 0. The van der Waals surface area contributed by atoms with E-state index in [1.54, 1.807) is 12.1 Å². The van der Waals surface area contributed by atoms with E-state index in [1.165, 1.54) is 30.1 Å². The maximum absolute atomic E-state index is 13.8. The van der Waals surface area contributed by atoms with E-state index >= 15 is 0 Å². The van der Waals surface area contributed by atoms with E-state index in [0.29, 0.717) is 10.9 Å². The molecule has 1 amide bonds. The number of halogens is 2. The Hall–Kier alpha value is -2.89. The highest BCUT2D eigenvalue weighted by atomic mass is 79.9. The number of hydrogen-bond donors (Lipinski definition) is 1. The van der Waals surface area contributed by atoms with Gasteiger partial charge in [0.2, 0.25) is 0 Å². The minimum absolute atomic E-state index is 0.136. The van der Waals surface area contributed by atoms with Gasteiger partial charge in [0.25, 0.3) is 5.91 Å². The number of hydrogen-bond acceptors (Lipinski definition) is 5. The lowest BCUT2D eigenvalue weighted by atomic mass is 10.1. The second-order valence-corrected chi connectivity index (χ2v) is 7.11. The first-order valence-corrected chi connectivity index (χ1v) is 9.23. The van der Waals surface area contributed by atoms with Gasteiger partial charge in [-0.25, -0.2) is 9.82 Å². The fraction of sp³-hybridized carbons (Fsp3) is 0. The summed E-state index contributed by atoms with van der Waals surface area (Å²) in [4.78, 5) is 13.0. The van der Waals surface area contributed by atoms with Crippen molar-refractivity contribution < 1.29 is 13.6 Å². The van der Waals surface area contributed by atoms with Crippen LogP contribution in [0.15, 0.2) is 78.6 Å². The molecule has 0 aliphatic heterocycles. The number of carbonyl (C=O) groups excluding carboxylic acids is 1. The van der Waals surface area contributed by atoms with Crippen LogP contribution in [-0.4, -0.2) is 12.1 Å². The van der Waals surface area contributed by atoms with Gasteiger partial charge < -0.3 is 4.42 Å². The quantitative estimate of drug-likeness (QED) is 0.445. The average molecular weight is 444 g/mol. The molecule has 0 radical (unpaired) electrons.